The molecule has 1 aliphatic carbocycles. The van der Waals surface area contributed by atoms with Crippen molar-refractivity contribution in [3.63, 3.8) is 0 Å². The molecular formula is C8H14O5S. The Labute approximate surface area is 83.2 Å². The Kier molecular flexibility index (Phi) is 3.49. The van der Waals surface area contributed by atoms with Crippen LogP contribution in [0.25, 0.3) is 0 Å². The van der Waals surface area contributed by atoms with Crippen molar-refractivity contribution < 1.29 is 22.5 Å². The van der Waals surface area contributed by atoms with Crippen LogP contribution in [-0.4, -0.2) is 31.9 Å². The summed E-state index contributed by atoms with van der Waals surface area (Å²) in [7, 11) is -3.41. The highest BCUT2D eigenvalue weighted by molar-refractivity contribution is 7.86. The minimum Gasteiger partial charge on any atom is -0.481 e. The van der Waals surface area contributed by atoms with E-state index < -0.39 is 16.1 Å². The Hall–Kier alpha value is -0.620. The van der Waals surface area contributed by atoms with Gasteiger partial charge in [0.1, 0.15) is 0 Å². The third-order valence-electron chi connectivity index (χ3n) is 2.33. The second kappa shape index (κ2) is 4.27. The van der Waals surface area contributed by atoms with Crippen molar-refractivity contribution >= 4 is 16.1 Å². The molecule has 0 saturated heterocycles. The van der Waals surface area contributed by atoms with Crippen LogP contribution in [0.4, 0.5) is 0 Å². The van der Waals surface area contributed by atoms with Gasteiger partial charge in [-0.3, -0.25) is 8.98 Å². The first-order chi connectivity index (χ1) is 6.38. The molecule has 0 spiro atoms. The van der Waals surface area contributed by atoms with Gasteiger partial charge in [0.05, 0.1) is 18.3 Å². The number of rotatable bonds is 3. The van der Waals surface area contributed by atoms with Crippen LogP contribution >= 0.6 is 0 Å². The minimum atomic E-state index is -3.41. The highest BCUT2D eigenvalue weighted by atomic mass is 32.2. The van der Waals surface area contributed by atoms with Crippen molar-refractivity contribution in [1.82, 2.24) is 0 Å². The molecule has 14 heavy (non-hydrogen) atoms. The summed E-state index contributed by atoms with van der Waals surface area (Å²) >= 11 is 0. The summed E-state index contributed by atoms with van der Waals surface area (Å²) in [5.74, 6) is -1.14. The zero-order chi connectivity index (χ0) is 10.8. The number of aliphatic carboxylic acids is 1. The third kappa shape index (κ3) is 3.63. The average molecular weight is 222 g/mol. The van der Waals surface area contributed by atoms with Gasteiger partial charge in [0.15, 0.2) is 0 Å². The first-order valence-electron chi connectivity index (χ1n) is 4.49. The smallest absolute Gasteiger partial charge is 0.306 e. The van der Waals surface area contributed by atoms with Gasteiger partial charge in [0, 0.05) is 0 Å². The fraction of sp³-hybridized carbons (Fsp3) is 0.875. The van der Waals surface area contributed by atoms with Crippen LogP contribution in [0.1, 0.15) is 25.7 Å². The van der Waals surface area contributed by atoms with Crippen LogP contribution in [0, 0.1) is 5.92 Å². The van der Waals surface area contributed by atoms with Gasteiger partial charge in [-0.15, -0.1) is 0 Å². The van der Waals surface area contributed by atoms with E-state index in [0.717, 1.165) is 6.26 Å². The first kappa shape index (κ1) is 11.5. The van der Waals surface area contributed by atoms with Crippen molar-refractivity contribution in [3.8, 4) is 0 Å². The monoisotopic (exact) mass is 222 g/mol. The molecule has 1 rings (SSSR count). The topological polar surface area (TPSA) is 80.7 Å². The molecule has 0 heterocycles. The lowest BCUT2D eigenvalue weighted by molar-refractivity contribution is -0.143. The van der Waals surface area contributed by atoms with E-state index in [1.807, 2.05) is 0 Å². The maximum absolute atomic E-state index is 10.8. The first-order valence-corrected chi connectivity index (χ1v) is 6.31. The number of hydrogen-bond donors (Lipinski definition) is 1. The molecule has 0 unspecified atom stereocenters. The zero-order valence-corrected chi connectivity index (χ0v) is 8.79. The zero-order valence-electron chi connectivity index (χ0n) is 7.97. The Morgan fingerprint density at radius 3 is 2.14 bits per heavy atom. The summed E-state index contributed by atoms with van der Waals surface area (Å²) in [5, 5.41) is 8.70. The van der Waals surface area contributed by atoms with Gasteiger partial charge in [0.25, 0.3) is 10.1 Å². The highest BCUT2D eigenvalue weighted by Crippen LogP contribution is 2.26. The molecule has 0 bridgehead atoms. The van der Waals surface area contributed by atoms with E-state index in [1.54, 1.807) is 0 Å². The van der Waals surface area contributed by atoms with Crippen molar-refractivity contribution in [2.75, 3.05) is 6.26 Å². The molecular weight excluding hydrogens is 208 g/mol. The molecule has 1 N–H and O–H groups in total. The average Bonchev–Trinajstić information content (AvgIpc) is 2.02. The standard InChI is InChI=1S/C8H14O5S/c1-14(11,12)13-7-4-2-6(3-5-7)8(9)10/h6-7H,2-5H2,1H3,(H,9,10)/t6-,7+. The molecule has 0 atom stereocenters. The van der Waals surface area contributed by atoms with Gasteiger partial charge >= 0.3 is 5.97 Å². The fourth-order valence-electron chi connectivity index (χ4n) is 1.65. The van der Waals surface area contributed by atoms with Crippen molar-refractivity contribution in [2.24, 2.45) is 5.92 Å². The molecule has 0 aromatic rings. The lowest BCUT2D eigenvalue weighted by Crippen LogP contribution is -2.27. The minimum absolute atomic E-state index is 0.333. The maximum atomic E-state index is 10.8. The van der Waals surface area contributed by atoms with Crippen molar-refractivity contribution in [1.29, 1.82) is 0 Å². The summed E-state index contributed by atoms with van der Waals surface area (Å²) in [6.07, 6.45) is 2.68. The Bertz CT molecular complexity index is 300. The number of carbonyl (C=O) groups is 1. The second-order valence-corrected chi connectivity index (χ2v) is 5.21. The summed E-state index contributed by atoms with van der Waals surface area (Å²) in [6, 6.07) is 0. The third-order valence-corrected chi connectivity index (χ3v) is 2.96. The van der Waals surface area contributed by atoms with Crippen LogP contribution < -0.4 is 0 Å². The quantitative estimate of drug-likeness (QED) is 0.707. The van der Waals surface area contributed by atoms with Gasteiger partial charge in [-0.1, -0.05) is 0 Å². The Morgan fingerprint density at radius 2 is 1.79 bits per heavy atom. The van der Waals surface area contributed by atoms with Gasteiger partial charge < -0.3 is 5.11 Å². The van der Waals surface area contributed by atoms with E-state index in [9.17, 15) is 13.2 Å². The van der Waals surface area contributed by atoms with E-state index >= 15 is 0 Å². The van der Waals surface area contributed by atoms with Crippen LogP contribution in [-0.2, 0) is 19.1 Å². The Morgan fingerprint density at radius 1 is 1.29 bits per heavy atom. The lowest BCUT2D eigenvalue weighted by Gasteiger charge is -2.24. The van der Waals surface area contributed by atoms with Crippen LogP contribution in [0.2, 0.25) is 0 Å². The largest absolute Gasteiger partial charge is 0.481 e. The number of carboxylic acids is 1. The lowest BCUT2D eigenvalue weighted by atomic mass is 9.88. The summed E-state index contributed by atoms with van der Waals surface area (Å²) in [4.78, 5) is 10.6. The molecule has 1 fully saturated rings. The predicted molar refractivity (Wildman–Crippen MR) is 49.3 cm³/mol. The molecule has 5 nitrogen and oxygen atoms in total. The molecule has 0 radical (unpaired) electrons. The molecule has 0 amide bonds. The van der Waals surface area contributed by atoms with Gasteiger partial charge in [-0.05, 0) is 25.7 Å². The van der Waals surface area contributed by atoms with Crippen molar-refractivity contribution in [3.05, 3.63) is 0 Å². The SMILES string of the molecule is CS(=O)(=O)O[C@H]1CC[C@@H](C(=O)O)CC1. The predicted octanol–water partition coefficient (Wildman–Crippen LogP) is 0.606. The van der Waals surface area contributed by atoms with Gasteiger partial charge in [-0.25, -0.2) is 0 Å². The van der Waals surface area contributed by atoms with Gasteiger partial charge in [0.2, 0.25) is 0 Å². The molecule has 1 aliphatic rings. The fourth-order valence-corrected chi connectivity index (χ4v) is 2.34. The van der Waals surface area contributed by atoms with Crippen LogP contribution in [0.5, 0.6) is 0 Å². The van der Waals surface area contributed by atoms with E-state index in [1.165, 1.54) is 0 Å². The summed E-state index contributed by atoms with van der Waals surface area (Å²) < 4.78 is 26.3. The number of carboxylic acid groups (broad SMARTS) is 1. The molecule has 0 aromatic carbocycles. The normalized spacial score (nSPS) is 28.6. The molecule has 1 saturated carbocycles. The van der Waals surface area contributed by atoms with E-state index in [-0.39, 0.29) is 12.0 Å². The molecule has 0 aromatic heterocycles. The van der Waals surface area contributed by atoms with E-state index in [0.29, 0.717) is 25.7 Å². The molecule has 82 valence electrons. The van der Waals surface area contributed by atoms with E-state index in [4.69, 9.17) is 9.29 Å². The van der Waals surface area contributed by atoms with E-state index in [2.05, 4.69) is 0 Å². The van der Waals surface area contributed by atoms with Crippen LogP contribution in [0.3, 0.4) is 0 Å². The van der Waals surface area contributed by atoms with Crippen molar-refractivity contribution in [2.45, 2.75) is 31.8 Å². The number of hydrogen-bond acceptors (Lipinski definition) is 4. The highest BCUT2D eigenvalue weighted by Gasteiger charge is 2.28. The molecule has 0 aliphatic heterocycles. The van der Waals surface area contributed by atoms with Crippen LogP contribution in [0.15, 0.2) is 0 Å². The summed E-state index contributed by atoms with van der Waals surface area (Å²) in [6.45, 7) is 0. The maximum Gasteiger partial charge on any atom is 0.306 e. The Balaban J connectivity index is 2.40. The molecule has 6 heteroatoms. The second-order valence-electron chi connectivity index (χ2n) is 3.61. The van der Waals surface area contributed by atoms with Gasteiger partial charge in [-0.2, -0.15) is 8.42 Å². The summed E-state index contributed by atoms with van der Waals surface area (Å²) in [5.41, 5.74) is 0.